The number of hydrogen-bond donors (Lipinski definition) is 1. The second-order valence-corrected chi connectivity index (χ2v) is 6.64. The molecular formula is C20H22N4O. The van der Waals surface area contributed by atoms with Crippen LogP contribution >= 0.6 is 0 Å². The van der Waals surface area contributed by atoms with Gasteiger partial charge in [-0.1, -0.05) is 29.8 Å². The maximum atomic E-state index is 12.6. The Morgan fingerprint density at radius 3 is 2.48 bits per heavy atom. The summed E-state index contributed by atoms with van der Waals surface area (Å²) in [6, 6.07) is 15.9. The standard InChI is InChI=1S/C20H22N4O/c1-15-6-8-16(9-7-15)20(25)24-12-10-23(11-13-24)14-19-21-17-4-2-3-5-18(17)22-19/h2-9H,10-14H2,1H3,(H,21,22). The highest BCUT2D eigenvalue weighted by Gasteiger charge is 2.22. The summed E-state index contributed by atoms with van der Waals surface area (Å²) in [7, 11) is 0. The molecule has 0 bridgehead atoms. The third-order valence-electron chi connectivity index (χ3n) is 4.77. The van der Waals surface area contributed by atoms with Crippen molar-refractivity contribution < 1.29 is 4.79 Å². The maximum absolute atomic E-state index is 12.6. The zero-order chi connectivity index (χ0) is 17.2. The number of aromatic amines is 1. The van der Waals surface area contributed by atoms with E-state index in [0.29, 0.717) is 0 Å². The van der Waals surface area contributed by atoms with E-state index in [1.54, 1.807) is 0 Å². The van der Waals surface area contributed by atoms with Gasteiger partial charge >= 0.3 is 0 Å². The number of fused-ring (bicyclic) bond motifs is 1. The van der Waals surface area contributed by atoms with E-state index in [1.807, 2.05) is 60.4 Å². The molecule has 0 atom stereocenters. The normalized spacial score (nSPS) is 15.6. The third kappa shape index (κ3) is 3.42. The van der Waals surface area contributed by atoms with Crippen LogP contribution in [-0.4, -0.2) is 51.9 Å². The number of aromatic nitrogens is 2. The SMILES string of the molecule is Cc1ccc(C(=O)N2CCN(Cc3nc4ccccc4[nH]3)CC2)cc1. The fraction of sp³-hybridized carbons (Fsp3) is 0.300. The van der Waals surface area contributed by atoms with Crippen LogP contribution in [0.2, 0.25) is 0 Å². The minimum absolute atomic E-state index is 0.128. The number of H-pyrrole nitrogens is 1. The predicted molar refractivity (Wildman–Crippen MR) is 98.5 cm³/mol. The first-order chi connectivity index (χ1) is 12.2. The molecule has 1 saturated heterocycles. The zero-order valence-electron chi connectivity index (χ0n) is 14.4. The van der Waals surface area contributed by atoms with Gasteiger partial charge in [0.25, 0.3) is 5.91 Å². The zero-order valence-corrected chi connectivity index (χ0v) is 14.4. The average Bonchev–Trinajstić information content (AvgIpc) is 3.05. The van der Waals surface area contributed by atoms with E-state index in [-0.39, 0.29) is 5.91 Å². The molecular weight excluding hydrogens is 312 g/mol. The lowest BCUT2D eigenvalue weighted by Crippen LogP contribution is -2.48. The van der Waals surface area contributed by atoms with Crippen LogP contribution in [-0.2, 0) is 6.54 Å². The Balaban J connectivity index is 1.36. The van der Waals surface area contributed by atoms with Crippen molar-refractivity contribution in [2.45, 2.75) is 13.5 Å². The van der Waals surface area contributed by atoms with Gasteiger partial charge in [-0.2, -0.15) is 0 Å². The van der Waals surface area contributed by atoms with E-state index >= 15 is 0 Å². The van der Waals surface area contributed by atoms with Crippen molar-refractivity contribution in [3.8, 4) is 0 Å². The van der Waals surface area contributed by atoms with Crippen LogP contribution in [0.5, 0.6) is 0 Å². The summed E-state index contributed by atoms with van der Waals surface area (Å²) in [5.41, 5.74) is 4.03. The van der Waals surface area contributed by atoms with Crippen molar-refractivity contribution in [2.24, 2.45) is 0 Å². The summed E-state index contributed by atoms with van der Waals surface area (Å²) < 4.78 is 0. The lowest BCUT2D eigenvalue weighted by atomic mass is 10.1. The van der Waals surface area contributed by atoms with Gasteiger partial charge in [0.1, 0.15) is 5.82 Å². The summed E-state index contributed by atoms with van der Waals surface area (Å²) in [5.74, 6) is 1.11. The number of carbonyl (C=O) groups excluding carboxylic acids is 1. The molecule has 128 valence electrons. The Labute approximate surface area is 147 Å². The summed E-state index contributed by atoms with van der Waals surface area (Å²) in [4.78, 5) is 24.9. The first-order valence-electron chi connectivity index (χ1n) is 8.71. The number of imidazole rings is 1. The van der Waals surface area contributed by atoms with Crippen LogP contribution < -0.4 is 0 Å². The summed E-state index contributed by atoms with van der Waals surface area (Å²) >= 11 is 0. The van der Waals surface area contributed by atoms with Gasteiger partial charge in [-0.3, -0.25) is 9.69 Å². The first kappa shape index (κ1) is 15.8. The van der Waals surface area contributed by atoms with Gasteiger partial charge in [0.05, 0.1) is 17.6 Å². The Morgan fingerprint density at radius 1 is 1.04 bits per heavy atom. The molecule has 2 heterocycles. The van der Waals surface area contributed by atoms with E-state index in [0.717, 1.165) is 55.1 Å². The molecule has 25 heavy (non-hydrogen) atoms. The predicted octanol–water partition coefficient (Wildman–Crippen LogP) is 2.83. The molecule has 1 aromatic heterocycles. The van der Waals surface area contributed by atoms with E-state index in [1.165, 1.54) is 5.56 Å². The smallest absolute Gasteiger partial charge is 0.253 e. The molecule has 1 aliphatic heterocycles. The van der Waals surface area contributed by atoms with Crippen LogP contribution in [0.4, 0.5) is 0 Å². The maximum Gasteiger partial charge on any atom is 0.253 e. The number of benzene rings is 2. The number of rotatable bonds is 3. The molecule has 3 aromatic rings. The Morgan fingerprint density at radius 2 is 1.76 bits per heavy atom. The highest BCUT2D eigenvalue weighted by molar-refractivity contribution is 5.94. The fourth-order valence-electron chi connectivity index (χ4n) is 3.28. The number of carbonyl (C=O) groups is 1. The average molecular weight is 334 g/mol. The first-order valence-corrected chi connectivity index (χ1v) is 8.71. The Bertz CT molecular complexity index is 843. The number of nitrogens with zero attached hydrogens (tertiary/aromatic N) is 3. The van der Waals surface area contributed by atoms with Gasteiger partial charge in [-0.15, -0.1) is 0 Å². The molecule has 1 amide bonds. The van der Waals surface area contributed by atoms with Gasteiger partial charge in [0, 0.05) is 31.7 Å². The lowest BCUT2D eigenvalue weighted by Gasteiger charge is -2.34. The van der Waals surface area contributed by atoms with Crippen LogP contribution in [0.15, 0.2) is 48.5 Å². The van der Waals surface area contributed by atoms with Crippen molar-refractivity contribution in [3.63, 3.8) is 0 Å². The van der Waals surface area contributed by atoms with Crippen molar-refractivity contribution >= 4 is 16.9 Å². The molecule has 0 radical (unpaired) electrons. The summed E-state index contributed by atoms with van der Waals surface area (Å²) in [5, 5.41) is 0. The minimum atomic E-state index is 0.128. The number of nitrogens with one attached hydrogen (secondary N) is 1. The minimum Gasteiger partial charge on any atom is -0.341 e. The number of piperazine rings is 1. The molecule has 1 N–H and O–H groups in total. The molecule has 0 spiro atoms. The molecule has 4 rings (SSSR count). The molecule has 2 aromatic carbocycles. The molecule has 0 unspecified atom stereocenters. The molecule has 0 aliphatic carbocycles. The van der Waals surface area contributed by atoms with Gasteiger partial charge in [-0.25, -0.2) is 4.98 Å². The summed E-state index contributed by atoms with van der Waals surface area (Å²) in [6.45, 7) is 6.08. The van der Waals surface area contributed by atoms with Crippen LogP contribution in [0.1, 0.15) is 21.7 Å². The highest BCUT2D eigenvalue weighted by atomic mass is 16.2. The molecule has 5 nitrogen and oxygen atoms in total. The largest absolute Gasteiger partial charge is 0.341 e. The van der Waals surface area contributed by atoms with E-state index in [2.05, 4.69) is 14.9 Å². The second kappa shape index (κ2) is 6.69. The number of aryl methyl sites for hydroxylation is 1. The molecule has 1 aliphatic rings. The van der Waals surface area contributed by atoms with Crippen molar-refractivity contribution in [1.29, 1.82) is 0 Å². The van der Waals surface area contributed by atoms with E-state index < -0.39 is 0 Å². The second-order valence-electron chi connectivity index (χ2n) is 6.64. The Hall–Kier alpha value is -2.66. The van der Waals surface area contributed by atoms with Crippen molar-refractivity contribution in [2.75, 3.05) is 26.2 Å². The van der Waals surface area contributed by atoms with E-state index in [9.17, 15) is 4.79 Å². The van der Waals surface area contributed by atoms with Crippen LogP contribution in [0.25, 0.3) is 11.0 Å². The fourth-order valence-corrected chi connectivity index (χ4v) is 3.28. The van der Waals surface area contributed by atoms with Gasteiger partial charge in [0.2, 0.25) is 0 Å². The summed E-state index contributed by atoms with van der Waals surface area (Å²) in [6.07, 6.45) is 0. The third-order valence-corrected chi connectivity index (χ3v) is 4.77. The molecule has 0 saturated carbocycles. The number of amides is 1. The van der Waals surface area contributed by atoms with Gasteiger partial charge in [0.15, 0.2) is 0 Å². The topological polar surface area (TPSA) is 52.2 Å². The van der Waals surface area contributed by atoms with Crippen LogP contribution in [0, 0.1) is 6.92 Å². The molecule has 1 fully saturated rings. The Kier molecular flexibility index (Phi) is 4.24. The van der Waals surface area contributed by atoms with Gasteiger partial charge < -0.3 is 9.88 Å². The van der Waals surface area contributed by atoms with Crippen LogP contribution in [0.3, 0.4) is 0 Å². The number of para-hydroxylation sites is 2. The quantitative estimate of drug-likeness (QED) is 0.801. The van der Waals surface area contributed by atoms with Crippen molar-refractivity contribution in [1.82, 2.24) is 19.8 Å². The van der Waals surface area contributed by atoms with Crippen molar-refractivity contribution in [3.05, 3.63) is 65.5 Å². The monoisotopic (exact) mass is 334 g/mol. The van der Waals surface area contributed by atoms with Gasteiger partial charge in [-0.05, 0) is 31.2 Å². The number of hydrogen-bond acceptors (Lipinski definition) is 3. The van der Waals surface area contributed by atoms with E-state index in [4.69, 9.17) is 0 Å². The highest BCUT2D eigenvalue weighted by Crippen LogP contribution is 2.14. The molecule has 5 heteroatoms. The lowest BCUT2D eigenvalue weighted by molar-refractivity contribution is 0.0626.